The minimum atomic E-state index is 0.00145. The molecule has 2 rings (SSSR count). The van der Waals surface area contributed by atoms with Crippen LogP contribution >= 0.6 is 0 Å². The fourth-order valence-corrected chi connectivity index (χ4v) is 2.06. The van der Waals surface area contributed by atoms with Gasteiger partial charge in [0, 0.05) is 10.8 Å². The summed E-state index contributed by atoms with van der Waals surface area (Å²) >= 11 is 0. The highest BCUT2D eigenvalue weighted by molar-refractivity contribution is 5.88. The summed E-state index contributed by atoms with van der Waals surface area (Å²) in [6.45, 7) is 8.49. The Balaban J connectivity index is 2.84. The normalized spacial score (nSPS) is 11.8. The van der Waals surface area contributed by atoms with E-state index in [-0.39, 0.29) is 5.41 Å². The smallest absolute Gasteiger partial charge is 0.148 e. The second kappa shape index (κ2) is 3.99. The number of hydrogen-bond acceptors (Lipinski definition) is 3. The van der Waals surface area contributed by atoms with Crippen LogP contribution in [-0.4, -0.2) is 17.1 Å². The van der Waals surface area contributed by atoms with Crippen LogP contribution in [0.15, 0.2) is 18.5 Å². The van der Waals surface area contributed by atoms with Crippen molar-refractivity contribution in [3.63, 3.8) is 0 Å². The van der Waals surface area contributed by atoms with E-state index in [9.17, 15) is 0 Å². The van der Waals surface area contributed by atoms with Crippen LogP contribution in [0.5, 0.6) is 5.75 Å². The van der Waals surface area contributed by atoms with Gasteiger partial charge in [0.15, 0.2) is 0 Å². The maximum Gasteiger partial charge on any atom is 0.148 e. The molecule has 1 heterocycles. The summed E-state index contributed by atoms with van der Waals surface area (Å²) in [5.74, 6) is 0.843. The lowest BCUT2D eigenvalue weighted by molar-refractivity contribution is 0.415. The van der Waals surface area contributed by atoms with Crippen molar-refractivity contribution < 1.29 is 4.74 Å². The van der Waals surface area contributed by atoms with Gasteiger partial charge in [0.1, 0.15) is 17.6 Å². The molecule has 0 aliphatic rings. The van der Waals surface area contributed by atoms with E-state index in [2.05, 4.69) is 42.9 Å². The monoisotopic (exact) mass is 230 g/mol. The van der Waals surface area contributed by atoms with Crippen molar-refractivity contribution in [2.45, 2.75) is 33.1 Å². The molecule has 0 amide bonds. The van der Waals surface area contributed by atoms with Crippen LogP contribution in [0.25, 0.3) is 10.9 Å². The van der Waals surface area contributed by atoms with Gasteiger partial charge in [-0.15, -0.1) is 0 Å². The van der Waals surface area contributed by atoms with E-state index in [4.69, 9.17) is 4.74 Å². The van der Waals surface area contributed by atoms with Gasteiger partial charge in [-0.3, -0.25) is 0 Å². The summed E-state index contributed by atoms with van der Waals surface area (Å²) in [6, 6.07) is 4.13. The van der Waals surface area contributed by atoms with Crippen LogP contribution in [-0.2, 0) is 5.41 Å². The Morgan fingerprint density at radius 2 is 1.82 bits per heavy atom. The van der Waals surface area contributed by atoms with Gasteiger partial charge >= 0.3 is 0 Å². The number of ether oxygens (including phenoxy) is 1. The molecule has 0 radical (unpaired) electrons. The first-order valence-electron chi connectivity index (χ1n) is 5.74. The Kier molecular flexibility index (Phi) is 2.77. The second-order valence-electron chi connectivity index (χ2n) is 5.28. The molecule has 0 saturated carbocycles. The maximum absolute atomic E-state index is 5.44. The highest BCUT2D eigenvalue weighted by Crippen LogP contribution is 2.33. The Bertz CT molecular complexity index is 556. The van der Waals surface area contributed by atoms with E-state index in [0.717, 1.165) is 27.9 Å². The first-order chi connectivity index (χ1) is 7.95. The SMILES string of the molecule is COc1c(C)ccc2c(C(C)(C)C)ncnc12. The number of nitrogens with zero attached hydrogens (tertiary/aromatic N) is 2. The molecule has 0 atom stereocenters. The lowest BCUT2D eigenvalue weighted by Crippen LogP contribution is -2.14. The number of aryl methyl sites for hydroxylation is 1. The predicted octanol–water partition coefficient (Wildman–Crippen LogP) is 3.24. The lowest BCUT2D eigenvalue weighted by Gasteiger charge is -2.20. The molecule has 0 saturated heterocycles. The first-order valence-corrected chi connectivity index (χ1v) is 5.74. The quantitative estimate of drug-likeness (QED) is 0.754. The minimum absolute atomic E-state index is 0.00145. The van der Waals surface area contributed by atoms with Crippen molar-refractivity contribution in [1.29, 1.82) is 0 Å². The number of rotatable bonds is 1. The average molecular weight is 230 g/mol. The van der Waals surface area contributed by atoms with Gasteiger partial charge < -0.3 is 4.74 Å². The molecule has 90 valence electrons. The molecule has 0 spiro atoms. The Morgan fingerprint density at radius 3 is 2.41 bits per heavy atom. The van der Waals surface area contributed by atoms with Gasteiger partial charge in [-0.05, 0) is 12.5 Å². The van der Waals surface area contributed by atoms with Crippen molar-refractivity contribution in [3.05, 3.63) is 29.7 Å². The topological polar surface area (TPSA) is 35.0 Å². The maximum atomic E-state index is 5.44. The minimum Gasteiger partial charge on any atom is -0.494 e. The molecule has 3 nitrogen and oxygen atoms in total. The van der Waals surface area contributed by atoms with Gasteiger partial charge in [-0.25, -0.2) is 9.97 Å². The van der Waals surface area contributed by atoms with E-state index < -0.39 is 0 Å². The first kappa shape index (κ1) is 11.8. The molecule has 0 aliphatic heterocycles. The number of benzene rings is 1. The zero-order valence-corrected chi connectivity index (χ0v) is 11.0. The molecule has 0 fully saturated rings. The second-order valence-corrected chi connectivity index (χ2v) is 5.28. The molecule has 0 bridgehead atoms. The lowest BCUT2D eigenvalue weighted by atomic mass is 9.89. The largest absolute Gasteiger partial charge is 0.494 e. The van der Waals surface area contributed by atoms with Crippen LogP contribution in [0, 0.1) is 6.92 Å². The van der Waals surface area contributed by atoms with E-state index >= 15 is 0 Å². The van der Waals surface area contributed by atoms with Gasteiger partial charge in [0.2, 0.25) is 0 Å². The highest BCUT2D eigenvalue weighted by atomic mass is 16.5. The number of methoxy groups -OCH3 is 1. The van der Waals surface area contributed by atoms with Gasteiger partial charge in [-0.1, -0.05) is 32.9 Å². The summed E-state index contributed by atoms with van der Waals surface area (Å²) in [6.07, 6.45) is 1.62. The zero-order chi connectivity index (χ0) is 12.6. The Hall–Kier alpha value is -1.64. The third-order valence-electron chi connectivity index (χ3n) is 2.87. The van der Waals surface area contributed by atoms with Crippen molar-refractivity contribution in [3.8, 4) is 5.75 Å². The van der Waals surface area contributed by atoms with Gasteiger partial charge in [0.05, 0.1) is 12.8 Å². The predicted molar refractivity (Wildman–Crippen MR) is 69.5 cm³/mol. The zero-order valence-electron chi connectivity index (χ0n) is 11.0. The van der Waals surface area contributed by atoms with Gasteiger partial charge in [0.25, 0.3) is 0 Å². The number of hydrogen-bond donors (Lipinski definition) is 0. The molecule has 1 aromatic carbocycles. The van der Waals surface area contributed by atoms with Crippen molar-refractivity contribution in [1.82, 2.24) is 9.97 Å². The summed E-state index contributed by atoms with van der Waals surface area (Å²) < 4.78 is 5.44. The Labute approximate surface area is 102 Å². The fraction of sp³-hybridized carbons (Fsp3) is 0.429. The van der Waals surface area contributed by atoms with E-state index in [1.807, 2.05) is 6.92 Å². The van der Waals surface area contributed by atoms with Gasteiger partial charge in [-0.2, -0.15) is 0 Å². The fourth-order valence-electron chi connectivity index (χ4n) is 2.06. The molecule has 17 heavy (non-hydrogen) atoms. The van der Waals surface area contributed by atoms with Crippen molar-refractivity contribution in [2.24, 2.45) is 0 Å². The molecular weight excluding hydrogens is 212 g/mol. The van der Waals surface area contributed by atoms with Crippen molar-refractivity contribution in [2.75, 3.05) is 7.11 Å². The highest BCUT2D eigenvalue weighted by Gasteiger charge is 2.20. The Morgan fingerprint density at radius 1 is 1.12 bits per heavy atom. The molecule has 3 heteroatoms. The van der Waals surface area contributed by atoms with Crippen LogP contribution in [0.2, 0.25) is 0 Å². The standard InChI is InChI=1S/C14H18N2O/c1-9-6-7-10-11(12(9)17-5)15-8-16-13(10)14(2,3)4/h6-8H,1-5H3. The summed E-state index contributed by atoms with van der Waals surface area (Å²) in [5, 5.41) is 1.07. The van der Waals surface area contributed by atoms with E-state index in [1.54, 1.807) is 13.4 Å². The van der Waals surface area contributed by atoms with Crippen LogP contribution in [0.1, 0.15) is 32.0 Å². The third-order valence-corrected chi connectivity index (χ3v) is 2.87. The molecule has 0 aliphatic carbocycles. The summed E-state index contributed by atoms with van der Waals surface area (Å²) in [4.78, 5) is 8.77. The van der Waals surface area contributed by atoms with Crippen LogP contribution in [0.3, 0.4) is 0 Å². The third kappa shape index (κ3) is 1.97. The van der Waals surface area contributed by atoms with Crippen LogP contribution < -0.4 is 4.74 Å². The molecule has 2 aromatic rings. The molecule has 1 aromatic heterocycles. The summed E-state index contributed by atoms with van der Waals surface area (Å²) in [5.41, 5.74) is 3.05. The van der Waals surface area contributed by atoms with E-state index in [1.165, 1.54) is 0 Å². The van der Waals surface area contributed by atoms with Crippen molar-refractivity contribution >= 4 is 10.9 Å². The van der Waals surface area contributed by atoms with E-state index in [0.29, 0.717) is 0 Å². The molecule has 0 unspecified atom stereocenters. The number of aromatic nitrogens is 2. The molecular formula is C14H18N2O. The summed E-state index contributed by atoms with van der Waals surface area (Å²) in [7, 11) is 1.68. The number of fused-ring (bicyclic) bond motifs is 1. The average Bonchev–Trinajstić information content (AvgIpc) is 2.26. The van der Waals surface area contributed by atoms with Crippen LogP contribution in [0.4, 0.5) is 0 Å². The molecule has 0 N–H and O–H groups in total.